The Morgan fingerprint density at radius 1 is 1.10 bits per heavy atom. The minimum atomic E-state index is -4.61. The fraction of sp³-hybridized carbons (Fsp3) is 0.263. The zero-order valence-corrected chi connectivity index (χ0v) is 17.3. The fourth-order valence-electron chi connectivity index (χ4n) is 2.45. The lowest BCUT2D eigenvalue weighted by Gasteiger charge is -2.16. The molecule has 0 heterocycles. The normalized spacial score (nSPS) is 11.0. The number of benzene rings is 2. The van der Waals surface area contributed by atoms with E-state index in [2.05, 4.69) is 26.6 Å². The summed E-state index contributed by atoms with van der Waals surface area (Å²) in [6.07, 6.45) is -4.61. The first-order valence-electron chi connectivity index (χ1n) is 8.37. The number of hydrogen-bond donors (Lipinski definition) is 2. The van der Waals surface area contributed by atoms with E-state index < -0.39 is 23.6 Å². The van der Waals surface area contributed by atoms with Crippen LogP contribution in [0, 0.1) is 0 Å². The molecule has 0 aliphatic carbocycles. The molecule has 0 bridgehead atoms. The SMILES string of the molecule is CCOc1c(Br)cc(C(=O)Nc2cc(C(F)(F)F)ccc2NC(C)=O)cc1OC. The van der Waals surface area contributed by atoms with Crippen molar-refractivity contribution in [2.45, 2.75) is 20.0 Å². The van der Waals surface area contributed by atoms with Gasteiger partial charge in [0.2, 0.25) is 5.91 Å². The van der Waals surface area contributed by atoms with Gasteiger partial charge in [-0.25, -0.2) is 0 Å². The summed E-state index contributed by atoms with van der Waals surface area (Å²) in [5.74, 6) is -0.522. The highest BCUT2D eigenvalue weighted by Gasteiger charge is 2.31. The molecule has 2 N–H and O–H groups in total. The van der Waals surface area contributed by atoms with Crippen molar-refractivity contribution in [1.29, 1.82) is 0 Å². The predicted octanol–water partition coefficient (Wildman–Crippen LogP) is 5.09. The fourth-order valence-corrected chi connectivity index (χ4v) is 3.01. The van der Waals surface area contributed by atoms with Crippen molar-refractivity contribution in [2.75, 3.05) is 24.4 Å². The van der Waals surface area contributed by atoms with Gasteiger partial charge in [-0.2, -0.15) is 13.2 Å². The van der Waals surface area contributed by atoms with E-state index in [0.717, 1.165) is 18.2 Å². The van der Waals surface area contributed by atoms with Crippen molar-refractivity contribution in [1.82, 2.24) is 0 Å². The molecule has 0 fully saturated rings. The van der Waals surface area contributed by atoms with Gasteiger partial charge < -0.3 is 20.1 Å². The first kappa shape index (κ1) is 22.5. The molecule has 2 aromatic rings. The number of nitrogens with one attached hydrogen (secondary N) is 2. The highest BCUT2D eigenvalue weighted by atomic mass is 79.9. The zero-order chi connectivity index (χ0) is 21.8. The Hall–Kier alpha value is -2.75. The standard InChI is InChI=1S/C19H18BrF3N2O4/c1-4-29-17-13(20)7-11(8-16(17)28-3)18(27)25-15-9-12(19(21,22)23)5-6-14(15)24-10(2)26/h5-9H,4H2,1-3H3,(H,24,26)(H,25,27). The minimum Gasteiger partial charge on any atom is -0.493 e. The van der Waals surface area contributed by atoms with Gasteiger partial charge in [0.1, 0.15) is 0 Å². The van der Waals surface area contributed by atoms with Crippen molar-refractivity contribution in [2.24, 2.45) is 0 Å². The minimum absolute atomic E-state index is 0.0378. The molecular formula is C19H18BrF3N2O4. The number of methoxy groups -OCH3 is 1. The van der Waals surface area contributed by atoms with Crippen LogP contribution in [0.4, 0.5) is 24.5 Å². The Kier molecular flexibility index (Phi) is 7.12. The third-order valence-corrected chi connectivity index (χ3v) is 4.28. The first-order chi connectivity index (χ1) is 13.6. The van der Waals surface area contributed by atoms with Crippen LogP contribution in [0.15, 0.2) is 34.8 Å². The molecule has 0 aliphatic heterocycles. The summed E-state index contributed by atoms with van der Waals surface area (Å²) in [4.78, 5) is 24.0. The van der Waals surface area contributed by atoms with Crippen molar-refractivity contribution >= 4 is 39.1 Å². The lowest BCUT2D eigenvalue weighted by atomic mass is 10.1. The molecule has 0 atom stereocenters. The number of amides is 2. The number of carbonyl (C=O) groups is 2. The maximum atomic E-state index is 13.1. The van der Waals surface area contributed by atoms with Crippen LogP contribution < -0.4 is 20.1 Å². The number of rotatable bonds is 6. The van der Waals surface area contributed by atoms with Gasteiger partial charge in [0, 0.05) is 12.5 Å². The average Bonchev–Trinajstić information content (AvgIpc) is 2.63. The number of anilines is 2. The number of hydrogen-bond acceptors (Lipinski definition) is 4. The number of carbonyl (C=O) groups excluding carboxylic acids is 2. The summed E-state index contributed by atoms with van der Waals surface area (Å²) in [5.41, 5.74) is -1.00. The van der Waals surface area contributed by atoms with Crippen LogP contribution in [0.25, 0.3) is 0 Å². The number of ether oxygens (including phenoxy) is 2. The van der Waals surface area contributed by atoms with Crippen LogP contribution in [0.5, 0.6) is 11.5 Å². The quantitative estimate of drug-likeness (QED) is 0.611. The molecule has 10 heteroatoms. The third kappa shape index (κ3) is 5.63. The van der Waals surface area contributed by atoms with Crippen molar-refractivity contribution in [3.05, 3.63) is 45.9 Å². The van der Waals surface area contributed by atoms with Gasteiger partial charge in [-0.05, 0) is 53.2 Å². The maximum Gasteiger partial charge on any atom is 0.416 e. The van der Waals surface area contributed by atoms with E-state index in [1.54, 1.807) is 6.92 Å². The molecule has 156 valence electrons. The molecule has 0 saturated carbocycles. The van der Waals surface area contributed by atoms with E-state index >= 15 is 0 Å². The van der Waals surface area contributed by atoms with Crippen molar-refractivity contribution < 1.29 is 32.2 Å². The Morgan fingerprint density at radius 2 is 1.79 bits per heavy atom. The molecule has 0 aromatic heterocycles. The van der Waals surface area contributed by atoms with Crippen LogP contribution in [0.2, 0.25) is 0 Å². The van der Waals surface area contributed by atoms with Gasteiger partial charge in [0.15, 0.2) is 11.5 Å². The summed E-state index contributed by atoms with van der Waals surface area (Å²) in [6, 6.07) is 5.50. The molecule has 6 nitrogen and oxygen atoms in total. The summed E-state index contributed by atoms with van der Waals surface area (Å²) in [5, 5.41) is 4.80. The molecule has 2 aromatic carbocycles. The summed E-state index contributed by atoms with van der Waals surface area (Å²) >= 11 is 3.29. The molecule has 0 spiro atoms. The van der Waals surface area contributed by atoms with Crippen LogP contribution in [0.3, 0.4) is 0 Å². The molecule has 2 rings (SSSR count). The molecular weight excluding hydrogens is 457 g/mol. The Balaban J connectivity index is 2.43. The second-order valence-corrected chi connectivity index (χ2v) is 6.67. The molecule has 0 radical (unpaired) electrons. The lowest BCUT2D eigenvalue weighted by molar-refractivity contribution is -0.137. The zero-order valence-electron chi connectivity index (χ0n) is 15.7. The topological polar surface area (TPSA) is 76.7 Å². The Labute approximate surface area is 173 Å². The van der Waals surface area contributed by atoms with Crippen LogP contribution in [0.1, 0.15) is 29.8 Å². The molecule has 0 unspecified atom stereocenters. The van der Waals surface area contributed by atoms with Crippen LogP contribution in [-0.4, -0.2) is 25.5 Å². The van der Waals surface area contributed by atoms with Gasteiger partial charge in [-0.15, -0.1) is 0 Å². The maximum absolute atomic E-state index is 13.1. The van der Waals surface area contributed by atoms with E-state index in [4.69, 9.17) is 9.47 Å². The van der Waals surface area contributed by atoms with E-state index in [0.29, 0.717) is 16.8 Å². The smallest absolute Gasteiger partial charge is 0.416 e. The van der Waals surface area contributed by atoms with E-state index in [1.807, 2.05) is 0 Å². The third-order valence-electron chi connectivity index (χ3n) is 3.69. The van der Waals surface area contributed by atoms with Gasteiger partial charge in [0.25, 0.3) is 5.91 Å². The predicted molar refractivity (Wildman–Crippen MR) is 106 cm³/mol. The van der Waals surface area contributed by atoms with Crippen LogP contribution in [-0.2, 0) is 11.0 Å². The Bertz CT molecular complexity index is 932. The van der Waals surface area contributed by atoms with Gasteiger partial charge >= 0.3 is 6.18 Å². The van der Waals surface area contributed by atoms with Crippen LogP contribution >= 0.6 is 15.9 Å². The molecule has 2 amide bonds. The first-order valence-corrected chi connectivity index (χ1v) is 9.16. The average molecular weight is 475 g/mol. The number of alkyl halides is 3. The molecule has 0 aliphatic rings. The van der Waals surface area contributed by atoms with E-state index in [9.17, 15) is 22.8 Å². The molecule has 0 saturated heterocycles. The second-order valence-electron chi connectivity index (χ2n) is 5.82. The summed E-state index contributed by atoms with van der Waals surface area (Å²) < 4.78 is 50.3. The van der Waals surface area contributed by atoms with Crippen molar-refractivity contribution in [3.8, 4) is 11.5 Å². The second kappa shape index (κ2) is 9.17. The molecule has 29 heavy (non-hydrogen) atoms. The summed E-state index contributed by atoms with van der Waals surface area (Å²) in [6.45, 7) is 3.35. The van der Waals surface area contributed by atoms with Gasteiger partial charge in [-0.3, -0.25) is 9.59 Å². The van der Waals surface area contributed by atoms with Gasteiger partial charge in [-0.1, -0.05) is 0 Å². The van der Waals surface area contributed by atoms with E-state index in [1.165, 1.54) is 26.2 Å². The van der Waals surface area contributed by atoms with Gasteiger partial charge in [0.05, 0.1) is 35.1 Å². The van der Waals surface area contributed by atoms with Crippen molar-refractivity contribution in [3.63, 3.8) is 0 Å². The largest absolute Gasteiger partial charge is 0.493 e. The highest BCUT2D eigenvalue weighted by Crippen LogP contribution is 2.38. The lowest BCUT2D eigenvalue weighted by Crippen LogP contribution is -2.17. The summed E-state index contributed by atoms with van der Waals surface area (Å²) in [7, 11) is 1.40. The highest BCUT2D eigenvalue weighted by molar-refractivity contribution is 9.10. The monoisotopic (exact) mass is 474 g/mol. The Morgan fingerprint density at radius 3 is 2.34 bits per heavy atom. The van der Waals surface area contributed by atoms with E-state index in [-0.39, 0.29) is 22.7 Å². The number of halogens is 4.